The number of carbonyl (C=O) groups is 1. The molecule has 0 radical (unpaired) electrons. The molecule has 26 heavy (non-hydrogen) atoms. The summed E-state index contributed by atoms with van der Waals surface area (Å²) in [6.45, 7) is 2.23. The molecule has 1 unspecified atom stereocenters. The van der Waals surface area contributed by atoms with Gasteiger partial charge >= 0.3 is 0 Å². The number of amides is 1. The molecule has 1 amide bonds. The molecule has 0 spiro atoms. The molecule has 3 rings (SSSR count). The topological polar surface area (TPSA) is 65.8 Å². The second-order valence-electron chi connectivity index (χ2n) is 6.44. The molecule has 6 heteroatoms. The molecule has 0 aliphatic heterocycles. The maximum atomic E-state index is 12.3. The minimum absolute atomic E-state index is 0.0893. The van der Waals surface area contributed by atoms with Crippen molar-refractivity contribution >= 4 is 35.1 Å². The lowest BCUT2D eigenvalue weighted by Gasteiger charge is -2.21. The SMILES string of the molecule is CSc1ccccc1NC(=O)CSc1nc2c(cc1C#N)CC(C)CC2. The Morgan fingerprint density at radius 1 is 1.42 bits per heavy atom. The summed E-state index contributed by atoms with van der Waals surface area (Å²) >= 11 is 2.93. The number of thioether (sulfide) groups is 2. The fraction of sp³-hybridized carbons (Fsp3) is 0.350. The van der Waals surface area contributed by atoms with Crippen LogP contribution in [-0.4, -0.2) is 22.9 Å². The van der Waals surface area contributed by atoms with Gasteiger partial charge in [0.15, 0.2) is 0 Å². The van der Waals surface area contributed by atoms with Gasteiger partial charge in [-0.1, -0.05) is 30.8 Å². The summed E-state index contributed by atoms with van der Waals surface area (Å²) in [6, 6.07) is 11.9. The monoisotopic (exact) mass is 383 g/mol. The summed E-state index contributed by atoms with van der Waals surface area (Å²) < 4.78 is 0. The molecule has 1 aromatic heterocycles. The standard InChI is InChI=1S/C20H21N3OS2/c1-13-7-8-16-14(9-13)10-15(11-21)20(23-16)26-12-19(24)22-17-5-3-4-6-18(17)25-2/h3-6,10,13H,7-9,12H2,1-2H3,(H,22,24). The summed E-state index contributed by atoms with van der Waals surface area (Å²) in [6.07, 6.45) is 5.04. The largest absolute Gasteiger partial charge is 0.324 e. The summed E-state index contributed by atoms with van der Waals surface area (Å²) in [5.41, 5.74) is 3.65. The van der Waals surface area contributed by atoms with Gasteiger partial charge in [0.25, 0.3) is 0 Å². The first-order valence-electron chi connectivity index (χ1n) is 8.59. The fourth-order valence-corrected chi connectivity index (χ4v) is 4.41. The number of hydrogen-bond donors (Lipinski definition) is 1. The first-order chi connectivity index (χ1) is 12.6. The van der Waals surface area contributed by atoms with Gasteiger partial charge in [-0.15, -0.1) is 11.8 Å². The average Bonchev–Trinajstić information content (AvgIpc) is 2.66. The number of nitriles is 1. The molecule has 1 aromatic carbocycles. The van der Waals surface area contributed by atoms with Gasteiger partial charge < -0.3 is 5.32 Å². The van der Waals surface area contributed by atoms with Crippen LogP contribution in [0.4, 0.5) is 5.69 Å². The van der Waals surface area contributed by atoms with E-state index >= 15 is 0 Å². The van der Waals surface area contributed by atoms with E-state index in [-0.39, 0.29) is 11.7 Å². The summed E-state index contributed by atoms with van der Waals surface area (Å²) in [5, 5.41) is 13.1. The van der Waals surface area contributed by atoms with Gasteiger partial charge in [0, 0.05) is 10.6 Å². The van der Waals surface area contributed by atoms with E-state index in [2.05, 4.69) is 23.3 Å². The number of fused-ring (bicyclic) bond motifs is 1. The van der Waals surface area contributed by atoms with Crippen LogP contribution in [0, 0.1) is 17.2 Å². The second-order valence-corrected chi connectivity index (χ2v) is 8.26. The molecule has 134 valence electrons. The van der Waals surface area contributed by atoms with Crippen molar-refractivity contribution in [2.45, 2.75) is 36.1 Å². The highest BCUT2D eigenvalue weighted by molar-refractivity contribution is 8.00. The van der Waals surface area contributed by atoms with Crippen LogP contribution in [0.25, 0.3) is 0 Å². The number of nitrogens with one attached hydrogen (secondary N) is 1. The maximum absolute atomic E-state index is 12.3. The van der Waals surface area contributed by atoms with E-state index in [0.717, 1.165) is 35.5 Å². The third kappa shape index (κ3) is 4.40. The lowest BCUT2D eigenvalue weighted by atomic mass is 9.87. The summed E-state index contributed by atoms with van der Waals surface area (Å²) in [4.78, 5) is 18.1. The van der Waals surface area contributed by atoms with E-state index in [9.17, 15) is 10.1 Å². The van der Waals surface area contributed by atoms with E-state index in [1.165, 1.54) is 17.3 Å². The van der Waals surface area contributed by atoms with Gasteiger partial charge in [-0.2, -0.15) is 5.26 Å². The normalized spacial score (nSPS) is 15.8. The predicted molar refractivity (Wildman–Crippen MR) is 108 cm³/mol. The molecule has 1 aliphatic rings. The fourth-order valence-electron chi connectivity index (χ4n) is 3.09. The van der Waals surface area contributed by atoms with Crippen LogP contribution >= 0.6 is 23.5 Å². The average molecular weight is 384 g/mol. The first-order valence-corrected chi connectivity index (χ1v) is 10.8. The highest BCUT2D eigenvalue weighted by Crippen LogP contribution is 2.30. The van der Waals surface area contributed by atoms with Crippen molar-refractivity contribution in [2.24, 2.45) is 5.92 Å². The van der Waals surface area contributed by atoms with Gasteiger partial charge in [-0.05, 0) is 55.2 Å². The first kappa shape index (κ1) is 18.8. The number of benzene rings is 1. The molecule has 1 aliphatic carbocycles. The predicted octanol–water partition coefficient (Wildman–Crippen LogP) is 4.53. The Kier molecular flexibility index (Phi) is 6.23. The number of anilines is 1. The Hall–Kier alpha value is -1.97. The number of hydrogen-bond acceptors (Lipinski definition) is 5. The van der Waals surface area contributed by atoms with Crippen LogP contribution in [0.2, 0.25) is 0 Å². The quantitative estimate of drug-likeness (QED) is 0.769. The smallest absolute Gasteiger partial charge is 0.234 e. The van der Waals surface area contributed by atoms with Crippen LogP contribution in [0.3, 0.4) is 0 Å². The highest BCUT2D eigenvalue weighted by atomic mass is 32.2. The molecular formula is C20H21N3OS2. The molecule has 0 saturated heterocycles. The Labute approximate surface area is 162 Å². The highest BCUT2D eigenvalue weighted by Gasteiger charge is 2.20. The molecule has 0 fully saturated rings. The molecular weight excluding hydrogens is 362 g/mol. The Morgan fingerprint density at radius 3 is 3.00 bits per heavy atom. The lowest BCUT2D eigenvalue weighted by molar-refractivity contribution is -0.113. The Bertz CT molecular complexity index is 861. The number of nitrogens with zero attached hydrogens (tertiary/aromatic N) is 2. The second kappa shape index (κ2) is 8.61. The van der Waals surface area contributed by atoms with E-state index in [1.807, 2.05) is 36.6 Å². The zero-order chi connectivity index (χ0) is 18.5. The number of carbonyl (C=O) groups excluding carboxylic acids is 1. The number of aryl methyl sites for hydroxylation is 1. The number of rotatable bonds is 5. The van der Waals surface area contributed by atoms with Crippen molar-refractivity contribution in [3.05, 3.63) is 47.2 Å². The number of aromatic nitrogens is 1. The van der Waals surface area contributed by atoms with Crippen molar-refractivity contribution in [3.63, 3.8) is 0 Å². The van der Waals surface area contributed by atoms with Crippen molar-refractivity contribution < 1.29 is 4.79 Å². The molecule has 0 saturated carbocycles. The maximum Gasteiger partial charge on any atom is 0.234 e. The molecule has 4 nitrogen and oxygen atoms in total. The Balaban J connectivity index is 1.69. The Morgan fingerprint density at radius 2 is 2.23 bits per heavy atom. The molecule has 1 N–H and O–H groups in total. The van der Waals surface area contributed by atoms with E-state index in [0.29, 0.717) is 16.5 Å². The molecule has 2 aromatic rings. The third-order valence-corrected chi connectivity index (χ3v) is 6.23. The lowest BCUT2D eigenvalue weighted by Crippen LogP contribution is -2.16. The molecule has 0 bridgehead atoms. The molecule has 1 heterocycles. The van der Waals surface area contributed by atoms with Gasteiger partial charge in [0.2, 0.25) is 5.91 Å². The van der Waals surface area contributed by atoms with E-state index < -0.39 is 0 Å². The van der Waals surface area contributed by atoms with Gasteiger partial charge in [-0.25, -0.2) is 4.98 Å². The van der Waals surface area contributed by atoms with Crippen LogP contribution in [-0.2, 0) is 17.6 Å². The van der Waals surface area contributed by atoms with Crippen LogP contribution < -0.4 is 5.32 Å². The summed E-state index contributed by atoms with van der Waals surface area (Å²) in [5.74, 6) is 0.782. The molecule has 1 atom stereocenters. The van der Waals surface area contributed by atoms with Crippen LogP contribution in [0.5, 0.6) is 0 Å². The van der Waals surface area contributed by atoms with Crippen LogP contribution in [0.15, 0.2) is 40.3 Å². The minimum atomic E-state index is -0.0893. The van der Waals surface area contributed by atoms with Crippen LogP contribution in [0.1, 0.15) is 30.2 Å². The van der Waals surface area contributed by atoms with Gasteiger partial charge in [0.1, 0.15) is 11.1 Å². The zero-order valence-corrected chi connectivity index (χ0v) is 16.5. The van der Waals surface area contributed by atoms with Gasteiger partial charge in [0.05, 0.1) is 17.0 Å². The van der Waals surface area contributed by atoms with Crippen molar-refractivity contribution in [2.75, 3.05) is 17.3 Å². The van der Waals surface area contributed by atoms with E-state index in [4.69, 9.17) is 0 Å². The van der Waals surface area contributed by atoms with Gasteiger partial charge in [-0.3, -0.25) is 4.79 Å². The summed E-state index contributed by atoms with van der Waals surface area (Å²) in [7, 11) is 0. The number of pyridine rings is 1. The third-order valence-electron chi connectivity index (χ3n) is 4.44. The van der Waals surface area contributed by atoms with Crippen molar-refractivity contribution in [1.29, 1.82) is 5.26 Å². The van der Waals surface area contributed by atoms with Crippen molar-refractivity contribution in [1.82, 2.24) is 4.98 Å². The number of para-hydroxylation sites is 1. The van der Waals surface area contributed by atoms with Crippen molar-refractivity contribution in [3.8, 4) is 6.07 Å². The zero-order valence-electron chi connectivity index (χ0n) is 14.9. The minimum Gasteiger partial charge on any atom is -0.324 e. The van der Waals surface area contributed by atoms with E-state index in [1.54, 1.807) is 11.8 Å².